The van der Waals surface area contributed by atoms with Crippen molar-refractivity contribution in [1.29, 1.82) is 0 Å². The number of para-hydroxylation sites is 1. The van der Waals surface area contributed by atoms with Crippen LogP contribution in [0.15, 0.2) is 41.3 Å². The number of H-pyrrole nitrogens is 1. The van der Waals surface area contributed by atoms with E-state index in [4.69, 9.17) is 0 Å². The highest BCUT2D eigenvalue weighted by Crippen LogP contribution is 2.26. The largest absolute Gasteiger partial charge is 0.506 e. The molecule has 94 valence electrons. The van der Waals surface area contributed by atoms with Gasteiger partial charge in [0.1, 0.15) is 17.2 Å². The fourth-order valence-electron chi connectivity index (χ4n) is 1.82. The molecule has 0 radical (unpaired) electrons. The first-order chi connectivity index (χ1) is 9.15. The lowest BCUT2D eigenvalue weighted by molar-refractivity contribution is 0.447. The van der Waals surface area contributed by atoms with Crippen LogP contribution < -0.4 is 5.56 Å². The second kappa shape index (κ2) is 4.09. The van der Waals surface area contributed by atoms with Gasteiger partial charge in [-0.05, 0) is 12.1 Å². The van der Waals surface area contributed by atoms with Crippen molar-refractivity contribution in [3.05, 3.63) is 46.9 Å². The number of aromatic amines is 1. The normalized spacial score (nSPS) is 10.7. The summed E-state index contributed by atoms with van der Waals surface area (Å²) in [4.78, 5) is 22.6. The van der Waals surface area contributed by atoms with E-state index in [1.807, 2.05) is 0 Å². The molecule has 6 nitrogen and oxygen atoms in total. The van der Waals surface area contributed by atoms with Crippen molar-refractivity contribution in [2.24, 2.45) is 0 Å². The molecule has 2 heterocycles. The van der Waals surface area contributed by atoms with Crippen molar-refractivity contribution >= 4 is 10.9 Å². The van der Waals surface area contributed by atoms with Gasteiger partial charge in [0.25, 0.3) is 5.56 Å². The standard InChI is InChI=1S/C13H9N3O3/c17-7-5-10(18)11(14-6-7)12-15-9-4-2-1-3-8(9)13(19)16-12/h1-6,17-18H,(H,15,16,19). The molecule has 3 N–H and O–H groups in total. The SMILES string of the molecule is O=c1[nH]c(-c2ncc(O)cc2O)nc2ccccc12. The van der Waals surface area contributed by atoms with Gasteiger partial charge in [0.15, 0.2) is 5.82 Å². The topological polar surface area (TPSA) is 99.1 Å². The Bertz CT molecular complexity index is 827. The molecular formula is C13H9N3O3. The first kappa shape index (κ1) is 11.2. The van der Waals surface area contributed by atoms with Gasteiger partial charge in [-0.2, -0.15) is 0 Å². The van der Waals surface area contributed by atoms with Crippen molar-refractivity contribution in [2.45, 2.75) is 0 Å². The molecule has 0 saturated heterocycles. The smallest absolute Gasteiger partial charge is 0.259 e. The molecule has 0 aliphatic carbocycles. The van der Waals surface area contributed by atoms with Crippen LogP contribution in [-0.2, 0) is 0 Å². The van der Waals surface area contributed by atoms with Crippen LogP contribution in [0.3, 0.4) is 0 Å². The van der Waals surface area contributed by atoms with Gasteiger partial charge in [0.05, 0.1) is 17.1 Å². The van der Waals surface area contributed by atoms with Crippen LogP contribution in [-0.4, -0.2) is 25.2 Å². The van der Waals surface area contributed by atoms with Crippen LogP contribution >= 0.6 is 0 Å². The third kappa shape index (κ3) is 1.89. The van der Waals surface area contributed by atoms with E-state index in [1.54, 1.807) is 24.3 Å². The summed E-state index contributed by atoms with van der Waals surface area (Å²) in [6.45, 7) is 0. The number of nitrogens with zero attached hydrogens (tertiary/aromatic N) is 2. The van der Waals surface area contributed by atoms with E-state index in [1.165, 1.54) is 6.20 Å². The minimum absolute atomic E-state index is 0.112. The molecular weight excluding hydrogens is 246 g/mol. The molecule has 0 spiro atoms. The van der Waals surface area contributed by atoms with Gasteiger partial charge in [-0.25, -0.2) is 9.97 Å². The Labute approximate surface area is 107 Å². The predicted molar refractivity (Wildman–Crippen MR) is 68.9 cm³/mol. The fourth-order valence-corrected chi connectivity index (χ4v) is 1.82. The van der Waals surface area contributed by atoms with Gasteiger partial charge in [-0.15, -0.1) is 0 Å². The van der Waals surface area contributed by atoms with Crippen LogP contribution in [0.5, 0.6) is 11.5 Å². The molecule has 3 aromatic rings. The van der Waals surface area contributed by atoms with E-state index in [0.717, 1.165) is 6.07 Å². The van der Waals surface area contributed by atoms with Gasteiger partial charge >= 0.3 is 0 Å². The highest BCUT2D eigenvalue weighted by Gasteiger charge is 2.11. The zero-order valence-corrected chi connectivity index (χ0v) is 9.66. The number of aromatic nitrogens is 3. The number of nitrogens with one attached hydrogen (secondary N) is 1. The maximum absolute atomic E-state index is 11.9. The number of aromatic hydroxyl groups is 2. The summed E-state index contributed by atoms with van der Waals surface area (Å²) in [5.41, 5.74) is 0.311. The minimum atomic E-state index is -0.310. The maximum Gasteiger partial charge on any atom is 0.259 e. The molecule has 19 heavy (non-hydrogen) atoms. The van der Waals surface area contributed by atoms with E-state index in [0.29, 0.717) is 10.9 Å². The van der Waals surface area contributed by atoms with Crippen LogP contribution in [0.1, 0.15) is 0 Å². The molecule has 0 amide bonds. The second-order valence-corrected chi connectivity index (χ2v) is 3.99. The first-order valence-corrected chi connectivity index (χ1v) is 5.52. The third-order valence-corrected chi connectivity index (χ3v) is 2.69. The van der Waals surface area contributed by atoms with Gasteiger partial charge in [0.2, 0.25) is 0 Å². The lowest BCUT2D eigenvalue weighted by Gasteiger charge is -2.04. The van der Waals surface area contributed by atoms with Crippen molar-refractivity contribution in [2.75, 3.05) is 0 Å². The molecule has 0 saturated carbocycles. The summed E-state index contributed by atoms with van der Waals surface area (Å²) < 4.78 is 0. The fraction of sp³-hybridized carbons (Fsp3) is 0. The Morgan fingerprint density at radius 2 is 1.95 bits per heavy atom. The Hall–Kier alpha value is -2.89. The summed E-state index contributed by atoms with van der Waals surface area (Å²) in [6.07, 6.45) is 1.17. The van der Waals surface area contributed by atoms with Crippen LogP contribution in [0.2, 0.25) is 0 Å². The number of hydrogen-bond acceptors (Lipinski definition) is 5. The lowest BCUT2D eigenvalue weighted by Crippen LogP contribution is -2.09. The molecule has 0 aliphatic rings. The molecule has 2 aromatic heterocycles. The van der Waals surface area contributed by atoms with E-state index in [9.17, 15) is 15.0 Å². The number of hydrogen-bond donors (Lipinski definition) is 3. The number of pyridine rings is 1. The number of fused-ring (bicyclic) bond motifs is 1. The minimum Gasteiger partial charge on any atom is -0.506 e. The van der Waals surface area contributed by atoms with Gasteiger partial charge in [-0.3, -0.25) is 4.79 Å². The Morgan fingerprint density at radius 1 is 1.16 bits per heavy atom. The highest BCUT2D eigenvalue weighted by atomic mass is 16.3. The number of rotatable bonds is 1. The number of benzene rings is 1. The van der Waals surface area contributed by atoms with Crippen LogP contribution in [0.4, 0.5) is 0 Å². The Kier molecular flexibility index (Phi) is 2.42. The molecule has 0 bridgehead atoms. The monoisotopic (exact) mass is 255 g/mol. The molecule has 1 aromatic carbocycles. The summed E-state index contributed by atoms with van der Waals surface area (Å²) in [5, 5.41) is 19.4. The van der Waals surface area contributed by atoms with Gasteiger partial charge in [0, 0.05) is 6.07 Å². The summed E-state index contributed by atoms with van der Waals surface area (Å²) >= 11 is 0. The average molecular weight is 255 g/mol. The van der Waals surface area contributed by atoms with E-state index >= 15 is 0 Å². The highest BCUT2D eigenvalue weighted by molar-refractivity contribution is 5.79. The Balaban J connectivity index is 2.28. The van der Waals surface area contributed by atoms with Gasteiger partial charge < -0.3 is 15.2 Å². The zero-order valence-electron chi connectivity index (χ0n) is 9.66. The van der Waals surface area contributed by atoms with E-state index < -0.39 is 0 Å². The Morgan fingerprint density at radius 3 is 2.74 bits per heavy atom. The van der Waals surface area contributed by atoms with E-state index in [-0.39, 0.29) is 28.6 Å². The third-order valence-electron chi connectivity index (χ3n) is 2.69. The molecule has 0 unspecified atom stereocenters. The van der Waals surface area contributed by atoms with E-state index in [2.05, 4.69) is 15.0 Å². The quantitative estimate of drug-likeness (QED) is 0.610. The molecule has 6 heteroatoms. The molecule has 3 rings (SSSR count). The zero-order chi connectivity index (χ0) is 13.4. The average Bonchev–Trinajstić information content (AvgIpc) is 2.38. The van der Waals surface area contributed by atoms with Crippen LogP contribution in [0.25, 0.3) is 22.4 Å². The van der Waals surface area contributed by atoms with Crippen molar-refractivity contribution in [3.63, 3.8) is 0 Å². The summed E-state index contributed by atoms with van der Waals surface area (Å²) in [6, 6.07) is 8.01. The van der Waals surface area contributed by atoms with Crippen molar-refractivity contribution in [1.82, 2.24) is 15.0 Å². The predicted octanol–water partition coefficient (Wildman–Crippen LogP) is 1.40. The maximum atomic E-state index is 11.9. The molecule has 0 atom stereocenters. The van der Waals surface area contributed by atoms with Gasteiger partial charge in [-0.1, -0.05) is 12.1 Å². The lowest BCUT2D eigenvalue weighted by atomic mass is 10.2. The molecule has 0 fully saturated rings. The van der Waals surface area contributed by atoms with Crippen LogP contribution in [0, 0.1) is 0 Å². The van der Waals surface area contributed by atoms with Crippen molar-refractivity contribution < 1.29 is 10.2 Å². The summed E-state index contributed by atoms with van der Waals surface area (Å²) in [5.74, 6) is -0.260. The van der Waals surface area contributed by atoms with Crippen molar-refractivity contribution in [3.8, 4) is 23.0 Å². The second-order valence-electron chi connectivity index (χ2n) is 3.99. The first-order valence-electron chi connectivity index (χ1n) is 5.52. The summed E-state index contributed by atoms with van der Waals surface area (Å²) in [7, 11) is 0. The molecule has 0 aliphatic heterocycles.